The lowest BCUT2D eigenvalue weighted by atomic mass is 10.1. The molecule has 1 unspecified atom stereocenters. The second-order valence-electron chi connectivity index (χ2n) is 2.89. The van der Waals surface area contributed by atoms with Crippen LogP contribution in [-0.2, 0) is 0 Å². The van der Waals surface area contributed by atoms with Gasteiger partial charge < -0.3 is 0 Å². The van der Waals surface area contributed by atoms with E-state index >= 15 is 0 Å². The zero-order valence-electron chi connectivity index (χ0n) is 8.83. The summed E-state index contributed by atoms with van der Waals surface area (Å²) in [6, 6.07) is 0.526. The molecule has 0 aliphatic heterocycles. The highest BCUT2D eigenvalue weighted by Gasteiger charge is 2.09. The summed E-state index contributed by atoms with van der Waals surface area (Å²) in [6.45, 7) is 14.2. The van der Waals surface area contributed by atoms with Gasteiger partial charge in [0.05, 0.1) is 0 Å². The first kappa shape index (κ1) is 15.2. The van der Waals surface area contributed by atoms with Crippen molar-refractivity contribution < 1.29 is 0 Å². The van der Waals surface area contributed by atoms with Crippen molar-refractivity contribution in [1.82, 2.24) is 4.90 Å². The molecule has 0 aromatic rings. The highest BCUT2D eigenvalue weighted by molar-refractivity contribution is 5.85. The summed E-state index contributed by atoms with van der Waals surface area (Å²) in [6.07, 6.45) is 6.23. The van der Waals surface area contributed by atoms with Crippen LogP contribution in [0, 0.1) is 0 Å². The molecule has 1 nitrogen and oxygen atoms in total. The summed E-state index contributed by atoms with van der Waals surface area (Å²) in [5.74, 6) is 0. The number of rotatable bonds is 7. The van der Waals surface area contributed by atoms with Crippen LogP contribution in [-0.4, -0.2) is 24.0 Å². The predicted octanol–water partition coefficient (Wildman–Crippen LogP) is 3.27. The van der Waals surface area contributed by atoms with Crippen molar-refractivity contribution in [2.75, 3.05) is 13.1 Å². The third kappa shape index (κ3) is 5.89. The lowest BCUT2D eigenvalue weighted by molar-refractivity contribution is 0.245. The van der Waals surface area contributed by atoms with Crippen LogP contribution in [0.5, 0.6) is 0 Å². The molecule has 1 atom stereocenters. The molecule has 0 bridgehead atoms. The molecule has 13 heavy (non-hydrogen) atoms. The molecule has 0 aromatic carbocycles. The second kappa shape index (κ2) is 9.82. The fourth-order valence-electron chi connectivity index (χ4n) is 1.43. The number of halogens is 1. The molecule has 0 heterocycles. The number of nitrogens with zero attached hydrogens (tertiary/aromatic N) is 1. The Kier molecular flexibility index (Phi) is 11.5. The molecule has 2 heteroatoms. The fraction of sp³-hybridized carbons (Fsp3) is 0.636. The minimum atomic E-state index is 0. The van der Waals surface area contributed by atoms with Crippen LogP contribution in [0.4, 0.5) is 0 Å². The molecule has 0 amide bonds. The summed E-state index contributed by atoms with van der Waals surface area (Å²) < 4.78 is 0. The lowest BCUT2D eigenvalue weighted by Crippen LogP contribution is -2.33. The van der Waals surface area contributed by atoms with E-state index in [0.29, 0.717) is 6.04 Å². The maximum atomic E-state index is 3.85. The Morgan fingerprint density at radius 2 is 1.77 bits per heavy atom. The molecule has 0 N–H and O–H groups in total. The average molecular weight is 204 g/mol. The minimum Gasteiger partial charge on any atom is -0.297 e. The van der Waals surface area contributed by atoms with Gasteiger partial charge in [0.25, 0.3) is 0 Å². The van der Waals surface area contributed by atoms with E-state index in [1.165, 1.54) is 0 Å². The Labute approximate surface area is 88.9 Å². The van der Waals surface area contributed by atoms with Crippen molar-refractivity contribution in [2.45, 2.75) is 32.7 Å². The Morgan fingerprint density at radius 3 is 2.08 bits per heavy atom. The normalized spacial score (nSPS) is 11.9. The Morgan fingerprint density at radius 1 is 1.23 bits per heavy atom. The monoisotopic (exact) mass is 203 g/mol. The third-order valence-corrected chi connectivity index (χ3v) is 2.22. The van der Waals surface area contributed by atoms with Crippen LogP contribution in [0.2, 0.25) is 0 Å². The zero-order valence-corrected chi connectivity index (χ0v) is 9.65. The minimum absolute atomic E-state index is 0. The molecule has 0 rings (SSSR count). The fourth-order valence-corrected chi connectivity index (χ4v) is 1.43. The largest absolute Gasteiger partial charge is 0.297 e. The van der Waals surface area contributed by atoms with Gasteiger partial charge in [-0.1, -0.05) is 26.0 Å². The summed E-state index contributed by atoms with van der Waals surface area (Å²) in [5, 5.41) is 0. The van der Waals surface area contributed by atoms with Crippen LogP contribution in [0.1, 0.15) is 26.7 Å². The molecule has 0 radical (unpaired) electrons. The lowest BCUT2D eigenvalue weighted by Gasteiger charge is -2.26. The van der Waals surface area contributed by atoms with Gasteiger partial charge in [-0.15, -0.1) is 25.6 Å². The van der Waals surface area contributed by atoms with Gasteiger partial charge in [0.1, 0.15) is 0 Å². The Hall–Kier alpha value is -0.270. The second-order valence-corrected chi connectivity index (χ2v) is 2.89. The van der Waals surface area contributed by atoms with Gasteiger partial charge in [0.2, 0.25) is 0 Å². The van der Waals surface area contributed by atoms with Gasteiger partial charge in [-0.25, -0.2) is 0 Å². The van der Waals surface area contributed by atoms with Crippen LogP contribution in [0.25, 0.3) is 0 Å². The summed E-state index contributed by atoms with van der Waals surface area (Å²) >= 11 is 0. The predicted molar refractivity (Wildman–Crippen MR) is 63.6 cm³/mol. The van der Waals surface area contributed by atoms with E-state index in [2.05, 4.69) is 31.9 Å². The molecular weight excluding hydrogens is 182 g/mol. The number of allylic oxidation sites excluding steroid dienone is 1. The topological polar surface area (TPSA) is 3.24 Å². The van der Waals surface area contributed by atoms with Crippen molar-refractivity contribution in [3.63, 3.8) is 0 Å². The molecule has 0 aromatic heterocycles. The van der Waals surface area contributed by atoms with Crippen molar-refractivity contribution in [1.29, 1.82) is 0 Å². The maximum absolute atomic E-state index is 3.85. The molecule has 0 fully saturated rings. The smallest absolute Gasteiger partial charge is 0.0278 e. The highest BCUT2D eigenvalue weighted by atomic mass is 35.5. The summed E-state index contributed by atoms with van der Waals surface area (Å²) in [5.41, 5.74) is 0. The van der Waals surface area contributed by atoms with Crippen LogP contribution in [0.3, 0.4) is 0 Å². The van der Waals surface area contributed by atoms with Crippen molar-refractivity contribution in [3.8, 4) is 0 Å². The molecule has 0 saturated heterocycles. The number of likely N-dealkylation sites (N-methyl/N-ethyl adjacent to an activating group) is 1. The number of hydrogen-bond donors (Lipinski definition) is 0. The summed E-state index contributed by atoms with van der Waals surface area (Å²) in [7, 11) is 0. The summed E-state index contributed by atoms with van der Waals surface area (Å²) in [4.78, 5) is 2.41. The standard InChI is InChI=1S/C11H21N.ClH/c1-5-9-10-11(6-2)12(7-3)8-4;/h5-6,11H,1-2,7-10H2,3-4H3;1H. The van der Waals surface area contributed by atoms with E-state index in [1.807, 2.05) is 12.2 Å². The van der Waals surface area contributed by atoms with Gasteiger partial charge in [-0.3, -0.25) is 4.90 Å². The highest BCUT2D eigenvalue weighted by Crippen LogP contribution is 2.07. The van der Waals surface area contributed by atoms with E-state index in [-0.39, 0.29) is 12.4 Å². The average Bonchev–Trinajstić information content (AvgIpc) is 2.12. The van der Waals surface area contributed by atoms with Crippen molar-refractivity contribution >= 4 is 12.4 Å². The van der Waals surface area contributed by atoms with Gasteiger partial charge in [-0.2, -0.15) is 0 Å². The molecule has 0 aliphatic rings. The SMILES string of the molecule is C=CCCC(C=C)N(CC)CC.Cl. The third-order valence-electron chi connectivity index (χ3n) is 2.22. The Balaban J connectivity index is 0. The first-order chi connectivity index (χ1) is 5.79. The van der Waals surface area contributed by atoms with Crippen LogP contribution >= 0.6 is 12.4 Å². The van der Waals surface area contributed by atoms with E-state index in [0.717, 1.165) is 25.9 Å². The van der Waals surface area contributed by atoms with Crippen molar-refractivity contribution in [2.24, 2.45) is 0 Å². The van der Waals surface area contributed by atoms with Crippen LogP contribution < -0.4 is 0 Å². The van der Waals surface area contributed by atoms with E-state index < -0.39 is 0 Å². The molecule has 78 valence electrons. The maximum Gasteiger partial charge on any atom is 0.0278 e. The van der Waals surface area contributed by atoms with Gasteiger partial charge >= 0.3 is 0 Å². The molecule has 0 spiro atoms. The first-order valence-electron chi connectivity index (χ1n) is 4.77. The van der Waals surface area contributed by atoms with Gasteiger partial charge in [-0.05, 0) is 25.9 Å². The van der Waals surface area contributed by atoms with Crippen molar-refractivity contribution in [3.05, 3.63) is 25.3 Å². The molecular formula is C11H22ClN. The molecule has 0 saturated carbocycles. The Bertz CT molecular complexity index is 130. The first-order valence-corrected chi connectivity index (χ1v) is 4.77. The number of hydrogen-bond acceptors (Lipinski definition) is 1. The van der Waals surface area contributed by atoms with Crippen LogP contribution in [0.15, 0.2) is 25.3 Å². The van der Waals surface area contributed by atoms with E-state index in [4.69, 9.17) is 0 Å². The quantitative estimate of drug-likeness (QED) is 0.575. The zero-order chi connectivity index (χ0) is 9.40. The van der Waals surface area contributed by atoms with E-state index in [9.17, 15) is 0 Å². The van der Waals surface area contributed by atoms with Gasteiger partial charge in [0.15, 0.2) is 0 Å². The molecule has 0 aliphatic carbocycles. The van der Waals surface area contributed by atoms with E-state index in [1.54, 1.807) is 0 Å². The van der Waals surface area contributed by atoms with Gasteiger partial charge in [0, 0.05) is 6.04 Å².